The van der Waals surface area contributed by atoms with E-state index in [2.05, 4.69) is 16.9 Å². The number of hydrogen-bond donors (Lipinski definition) is 0. The summed E-state index contributed by atoms with van der Waals surface area (Å²) >= 11 is 7.68. The molecule has 1 aromatic heterocycles. The van der Waals surface area contributed by atoms with Gasteiger partial charge >= 0.3 is 0 Å². The van der Waals surface area contributed by atoms with E-state index in [0.29, 0.717) is 16.5 Å². The summed E-state index contributed by atoms with van der Waals surface area (Å²) in [7, 11) is 0. The second-order valence-electron chi connectivity index (χ2n) is 3.62. The highest BCUT2D eigenvalue weighted by Crippen LogP contribution is 2.34. The quantitative estimate of drug-likeness (QED) is 0.750. The Hall–Kier alpha value is -0.320. The maximum atomic E-state index is 5.94. The van der Waals surface area contributed by atoms with Crippen molar-refractivity contribution in [2.45, 2.75) is 36.6 Å². The molecule has 2 atom stereocenters. The summed E-state index contributed by atoms with van der Waals surface area (Å²) in [5.41, 5.74) is 0.961. The highest BCUT2D eigenvalue weighted by atomic mass is 35.5. The Kier molecular flexibility index (Phi) is 3.49. The fourth-order valence-corrected chi connectivity index (χ4v) is 2.88. The fraction of sp³-hybridized carbons (Fsp3) is 0.600. The molecular formula is C10H13ClN2OS. The molecule has 2 rings (SSSR count). The van der Waals surface area contributed by atoms with E-state index in [9.17, 15) is 0 Å². The zero-order chi connectivity index (χ0) is 10.8. The van der Waals surface area contributed by atoms with E-state index in [0.717, 1.165) is 23.6 Å². The molecule has 1 aliphatic heterocycles. The molecule has 0 N–H and O–H groups in total. The molecule has 0 aromatic carbocycles. The first-order valence-electron chi connectivity index (χ1n) is 4.94. The van der Waals surface area contributed by atoms with E-state index in [-0.39, 0.29) is 0 Å². The molecule has 1 saturated heterocycles. The maximum absolute atomic E-state index is 5.94. The molecule has 0 saturated carbocycles. The molecule has 0 amide bonds. The molecule has 5 heteroatoms. The number of rotatable bonds is 2. The lowest BCUT2D eigenvalue weighted by atomic mass is 10.3. The van der Waals surface area contributed by atoms with E-state index in [1.807, 2.05) is 6.92 Å². The third-order valence-corrected chi connectivity index (χ3v) is 4.48. The summed E-state index contributed by atoms with van der Waals surface area (Å²) in [5, 5.41) is 1.99. The van der Waals surface area contributed by atoms with E-state index >= 15 is 0 Å². The van der Waals surface area contributed by atoms with Gasteiger partial charge in [0.2, 0.25) is 0 Å². The molecule has 2 unspecified atom stereocenters. The summed E-state index contributed by atoms with van der Waals surface area (Å²) in [6.07, 6.45) is 2.88. The molecule has 1 aromatic rings. The van der Waals surface area contributed by atoms with Crippen molar-refractivity contribution < 1.29 is 4.74 Å². The van der Waals surface area contributed by atoms with Crippen LogP contribution in [0.5, 0.6) is 0 Å². The van der Waals surface area contributed by atoms with Gasteiger partial charge in [-0.1, -0.05) is 23.4 Å². The minimum Gasteiger partial charge on any atom is -0.377 e. The van der Waals surface area contributed by atoms with Crippen molar-refractivity contribution in [1.82, 2.24) is 9.97 Å². The van der Waals surface area contributed by atoms with Crippen LogP contribution < -0.4 is 0 Å². The second kappa shape index (κ2) is 4.68. The first kappa shape index (κ1) is 11.2. The second-order valence-corrected chi connectivity index (χ2v) is 5.20. The predicted octanol–water partition coefficient (Wildman–Crippen LogP) is 2.71. The van der Waals surface area contributed by atoms with Gasteiger partial charge in [-0.3, -0.25) is 0 Å². The van der Waals surface area contributed by atoms with E-state index < -0.39 is 0 Å². The van der Waals surface area contributed by atoms with Crippen LogP contribution in [0.25, 0.3) is 0 Å². The van der Waals surface area contributed by atoms with Crippen molar-refractivity contribution in [2.24, 2.45) is 0 Å². The van der Waals surface area contributed by atoms with Gasteiger partial charge in [-0.05, 0) is 20.3 Å². The monoisotopic (exact) mass is 244 g/mol. The summed E-state index contributed by atoms with van der Waals surface area (Å²) in [4.78, 5) is 8.19. The lowest BCUT2D eigenvalue weighted by molar-refractivity contribution is 0.127. The number of thioether (sulfide) groups is 1. The molecule has 3 nitrogen and oxygen atoms in total. The minimum absolute atomic E-state index is 0.295. The predicted molar refractivity (Wildman–Crippen MR) is 61.5 cm³/mol. The molecular weight excluding hydrogens is 232 g/mol. The van der Waals surface area contributed by atoms with Crippen LogP contribution in [0.2, 0.25) is 5.15 Å². The highest BCUT2D eigenvalue weighted by molar-refractivity contribution is 8.00. The highest BCUT2D eigenvalue weighted by Gasteiger charge is 2.26. The van der Waals surface area contributed by atoms with Crippen molar-refractivity contribution in [2.75, 3.05) is 6.61 Å². The van der Waals surface area contributed by atoms with E-state index in [4.69, 9.17) is 16.3 Å². The van der Waals surface area contributed by atoms with Crippen LogP contribution >= 0.6 is 23.4 Å². The number of nitrogens with zero attached hydrogens (tertiary/aromatic N) is 2. The van der Waals surface area contributed by atoms with E-state index in [1.165, 1.54) is 6.33 Å². The van der Waals surface area contributed by atoms with Crippen LogP contribution in [-0.4, -0.2) is 27.9 Å². The van der Waals surface area contributed by atoms with Gasteiger partial charge in [-0.25, -0.2) is 9.97 Å². The van der Waals surface area contributed by atoms with Gasteiger partial charge in [0.05, 0.1) is 6.10 Å². The molecule has 82 valence electrons. The van der Waals surface area contributed by atoms with Gasteiger partial charge in [0.25, 0.3) is 0 Å². The average molecular weight is 245 g/mol. The van der Waals surface area contributed by atoms with Crippen LogP contribution in [0.3, 0.4) is 0 Å². The zero-order valence-electron chi connectivity index (χ0n) is 8.74. The number of hydrogen-bond acceptors (Lipinski definition) is 4. The first-order chi connectivity index (χ1) is 7.18. The summed E-state index contributed by atoms with van der Waals surface area (Å²) in [5.74, 6) is 0. The molecule has 0 aliphatic carbocycles. The van der Waals surface area contributed by atoms with Gasteiger partial charge in [0.15, 0.2) is 0 Å². The molecule has 1 aliphatic rings. The van der Waals surface area contributed by atoms with Crippen LogP contribution in [0.1, 0.15) is 18.9 Å². The molecule has 0 spiro atoms. The molecule has 0 radical (unpaired) electrons. The Labute approximate surface area is 98.6 Å². The summed E-state index contributed by atoms with van der Waals surface area (Å²) in [6.45, 7) is 4.89. The number of aromatic nitrogens is 2. The molecule has 1 fully saturated rings. The molecule has 0 bridgehead atoms. The van der Waals surface area contributed by atoms with Gasteiger partial charge in [-0.15, -0.1) is 0 Å². The number of ether oxygens (including phenoxy) is 1. The molecule has 2 heterocycles. The molecule has 15 heavy (non-hydrogen) atoms. The summed E-state index contributed by atoms with van der Waals surface area (Å²) in [6, 6.07) is 0. The Morgan fingerprint density at radius 1 is 1.53 bits per heavy atom. The van der Waals surface area contributed by atoms with Crippen LogP contribution in [0, 0.1) is 6.92 Å². The SMILES string of the molecule is Cc1c(Cl)ncnc1SC1CCOC1C. The van der Waals surface area contributed by atoms with Gasteiger partial charge in [0, 0.05) is 17.4 Å². The fourth-order valence-electron chi connectivity index (χ4n) is 1.54. The Bertz CT molecular complexity index is 361. The van der Waals surface area contributed by atoms with Crippen molar-refractivity contribution >= 4 is 23.4 Å². The lowest BCUT2D eigenvalue weighted by Gasteiger charge is -2.14. The largest absolute Gasteiger partial charge is 0.377 e. The Balaban J connectivity index is 2.13. The Morgan fingerprint density at radius 3 is 3.00 bits per heavy atom. The Morgan fingerprint density at radius 2 is 2.33 bits per heavy atom. The third kappa shape index (κ3) is 2.44. The minimum atomic E-state index is 0.295. The average Bonchev–Trinajstić information content (AvgIpc) is 2.60. The van der Waals surface area contributed by atoms with Gasteiger partial charge < -0.3 is 4.74 Å². The zero-order valence-corrected chi connectivity index (χ0v) is 10.3. The standard InChI is InChI=1S/C10H13ClN2OS/c1-6-9(11)12-5-13-10(6)15-8-3-4-14-7(8)2/h5,7-8H,3-4H2,1-2H3. The van der Waals surface area contributed by atoms with Crippen molar-refractivity contribution in [3.8, 4) is 0 Å². The van der Waals surface area contributed by atoms with Crippen LogP contribution in [-0.2, 0) is 4.74 Å². The van der Waals surface area contributed by atoms with Gasteiger partial charge in [0.1, 0.15) is 16.5 Å². The first-order valence-corrected chi connectivity index (χ1v) is 6.19. The smallest absolute Gasteiger partial charge is 0.136 e. The van der Waals surface area contributed by atoms with Crippen LogP contribution in [0.15, 0.2) is 11.4 Å². The third-order valence-electron chi connectivity index (χ3n) is 2.55. The lowest BCUT2D eigenvalue weighted by Crippen LogP contribution is -2.13. The van der Waals surface area contributed by atoms with Crippen molar-refractivity contribution in [3.63, 3.8) is 0 Å². The van der Waals surface area contributed by atoms with E-state index in [1.54, 1.807) is 11.8 Å². The summed E-state index contributed by atoms with van der Waals surface area (Å²) < 4.78 is 5.51. The number of halogens is 1. The van der Waals surface area contributed by atoms with Crippen LogP contribution in [0.4, 0.5) is 0 Å². The maximum Gasteiger partial charge on any atom is 0.136 e. The normalized spacial score (nSPS) is 25.8. The topological polar surface area (TPSA) is 35.0 Å². The van der Waals surface area contributed by atoms with Crippen molar-refractivity contribution in [1.29, 1.82) is 0 Å². The van der Waals surface area contributed by atoms with Crippen molar-refractivity contribution in [3.05, 3.63) is 17.0 Å². The van der Waals surface area contributed by atoms with Gasteiger partial charge in [-0.2, -0.15) is 0 Å².